The fraction of sp³-hybridized carbons (Fsp3) is 0.375. The Labute approximate surface area is 118 Å². The Morgan fingerprint density at radius 3 is 2.32 bits per heavy atom. The summed E-state index contributed by atoms with van der Waals surface area (Å²) in [6.45, 7) is 8.18. The molecule has 19 heavy (non-hydrogen) atoms. The highest BCUT2D eigenvalue weighted by Gasteiger charge is 2.20. The Bertz CT molecular complexity index is 599. The molecule has 0 radical (unpaired) electrons. The van der Waals surface area contributed by atoms with Crippen molar-refractivity contribution >= 4 is 11.3 Å². The van der Waals surface area contributed by atoms with Crippen molar-refractivity contribution in [1.82, 2.24) is 0 Å². The van der Waals surface area contributed by atoms with E-state index < -0.39 is 6.10 Å². The number of rotatable bonds is 3. The minimum atomic E-state index is -0.626. The number of benzene rings is 1. The van der Waals surface area contributed by atoms with E-state index in [0.717, 1.165) is 27.3 Å². The average Bonchev–Trinajstić information content (AvgIpc) is 2.71. The van der Waals surface area contributed by atoms with Crippen LogP contribution in [0.2, 0.25) is 0 Å². The molecule has 1 atom stereocenters. The predicted octanol–water partition coefficient (Wildman–Crippen LogP) is 4.07. The third-order valence-electron chi connectivity index (χ3n) is 3.58. The van der Waals surface area contributed by atoms with Crippen LogP contribution in [0.25, 0.3) is 0 Å². The van der Waals surface area contributed by atoms with Crippen molar-refractivity contribution in [3.05, 3.63) is 50.2 Å². The van der Waals surface area contributed by atoms with E-state index in [1.807, 2.05) is 32.9 Å². The third kappa shape index (κ3) is 2.53. The zero-order valence-corrected chi connectivity index (χ0v) is 12.9. The fourth-order valence-electron chi connectivity index (χ4n) is 2.39. The molecule has 102 valence electrons. The van der Waals surface area contributed by atoms with Gasteiger partial charge in [-0.05, 0) is 50.5 Å². The fourth-order valence-corrected chi connectivity index (χ4v) is 3.34. The highest BCUT2D eigenvalue weighted by Crippen LogP contribution is 2.37. The van der Waals surface area contributed by atoms with Gasteiger partial charge >= 0.3 is 0 Å². The highest BCUT2D eigenvalue weighted by molar-refractivity contribution is 7.12. The molecular weight excluding hydrogens is 256 g/mol. The SMILES string of the molecule is COc1c(C(O)c2cc(C)sc2C)ccc(C)c1C. The molecule has 0 spiro atoms. The van der Waals surface area contributed by atoms with Crippen LogP contribution in [-0.4, -0.2) is 12.2 Å². The van der Waals surface area contributed by atoms with Gasteiger partial charge in [0, 0.05) is 15.3 Å². The molecule has 0 bridgehead atoms. The van der Waals surface area contributed by atoms with Crippen molar-refractivity contribution in [2.75, 3.05) is 7.11 Å². The van der Waals surface area contributed by atoms with Crippen molar-refractivity contribution in [2.24, 2.45) is 0 Å². The first kappa shape index (κ1) is 14.1. The van der Waals surface area contributed by atoms with Gasteiger partial charge < -0.3 is 9.84 Å². The largest absolute Gasteiger partial charge is 0.496 e. The van der Waals surface area contributed by atoms with Crippen molar-refractivity contribution in [2.45, 2.75) is 33.8 Å². The van der Waals surface area contributed by atoms with E-state index in [-0.39, 0.29) is 0 Å². The predicted molar refractivity (Wildman–Crippen MR) is 80.3 cm³/mol. The van der Waals surface area contributed by atoms with Gasteiger partial charge in [0.1, 0.15) is 11.9 Å². The molecule has 0 saturated heterocycles. The smallest absolute Gasteiger partial charge is 0.128 e. The van der Waals surface area contributed by atoms with E-state index in [0.29, 0.717) is 0 Å². The molecule has 1 heterocycles. The van der Waals surface area contributed by atoms with Crippen LogP contribution in [0.1, 0.15) is 38.1 Å². The summed E-state index contributed by atoms with van der Waals surface area (Å²) in [5.74, 6) is 0.788. The van der Waals surface area contributed by atoms with Crippen molar-refractivity contribution < 1.29 is 9.84 Å². The molecule has 0 saturated carbocycles. The van der Waals surface area contributed by atoms with Crippen molar-refractivity contribution in [1.29, 1.82) is 0 Å². The van der Waals surface area contributed by atoms with Gasteiger partial charge in [0.15, 0.2) is 0 Å². The number of methoxy groups -OCH3 is 1. The summed E-state index contributed by atoms with van der Waals surface area (Å²) in [7, 11) is 1.66. The minimum Gasteiger partial charge on any atom is -0.496 e. The molecule has 2 nitrogen and oxygen atoms in total. The van der Waals surface area contributed by atoms with Crippen molar-refractivity contribution in [3.63, 3.8) is 0 Å². The normalized spacial score (nSPS) is 12.5. The molecule has 1 N–H and O–H groups in total. The molecule has 1 aromatic carbocycles. The Hall–Kier alpha value is -1.32. The summed E-state index contributed by atoms with van der Waals surface area (Å²) in [5, 5.41) is 10.6. The summed E-state index contributed by atoms with van der Waals surface area (Å²) in [6.07, 6.45) is -0.626. The van der Waals surface area contributed by atoms with Gasteiger partial charge in [0.25, 0.3) is 0 Å². The maximum atomic E-state index is 10.6. The number of aliphatic hydroxyl groups is 1. The quantitative estimate of drug-likeness (QED) is 0.915. The Kier molecular flexibility index (Phi) is 3.97. The molecule has 0 amide bonds. The average molecular weight is 276 g/mol. The maximum absolute atomic E-state index is 10.6. The van der Waals surface area contributed by atoms with Gasteiger partial charge in [-0.25, -0.2) is 0 Å². The second kappa shape index (κ2) is 5.35. The molecule has 2 rings (SSSR count). The molecule has 1 aromatic heterocycles. The number of ether oxygens (including phenoxy) is 1. The number of hydrogen-bond donors (Lipinski definition) is 1. The number of aliphatic hydroxyl groups excluding tert-OH is 1. The van der Waals surface area contributed by atoms with E-state index in [4.69, 9.17) is 4.74 Å². The first-order valence-electron chi connectivity index (χ1n) is 6.34. The van der Waals surface area contributed by atoms with Gasteiger partial charge in [0.2, 0.25) is 0 Å². The van der Waals surface area contributed by atoms with Crippen LogP contribution in [0.15, 0.2) is 18.2 Å². The van der Waals surface area contributed by atoms with Crippen molar-refractivity contribution in [3.8, 4) is 5.75 Å². The van der Waals surface area contributed by atoms with Crippen LogP contribution in [0.3, 0.4) is 0 Å². The van der Waals surface area contributed by atoms with E-state index in [1.54, 1.807) is 18.4 Å². The second-order valence-electron chi connectivity index (χ2n) is 4.90. The Balaban J connectivity index is 2.53. The number of aryl methyl sites for hydroxylation is 3. The lowest BCUT2D eigenvalue weighted by atomic mass is 9.96. The van der Waals surface area contributed by atoms with Gasteiger partial charge in [-0.3, -0.25) is 0 Å². The van der Waals surface area contributed by atoms with Gasteiger partial charge in [-0.15, -0.1) is 11.3 Å². The maximum Gasteiger partial charge on any atom is 0.128 e. The summed E-state index contributed by atoms with van der Waals surface area (Å²) >= 11 is 1.71. The lowest BCUT2D eigenvalue weighted by molar-refractivity contribution is 0.214. The van der Waals surface area contributed by atoms with Crippen LogP contribution in [0.4, 0.5) is 0 Å². The summed E-state index contributed by atoms with van der Waals surface area (Å²) in [6, 6.07) is 6.04. The zero-order chi connectivity index (χ0) is 14.2. The highest BCUT2D eigenvalue weighted by atomic mass is 32.1. The van der Waals surface area contributed by atoms with Gasteiger partial charge in [0.05, 0.1) is 7.11 Å². The Morgan fingerprint density at radius 1 is 1.11 bits per heavy atom. The molecule has 0 aliphatic heterocycles. The number of hydrogen-bond acceptors (Lipinski definition) is 3. The first-order valence-corrected chi connectivity index (χ1v) is 7.16. The summed E-state index contributed by atoms with van der Waals surface area (Å²) in [5.41, 5.74) is 4.07. The molecule has 0 aliphatic carbocycles. The van der Waals surface area contributed by atoms with Crippen LogP contribution in [-0.2, 0) is 0 Å². The van der Waals surface area contributed by atoms with E-state index in [9.17, 15) is 5.11 Å². The molecule has 0 aliphatic rings. The molecule has 1 unspecified atom stereocenters. The molecule has 2 aromatic rings. The van der Waals surface area contributed by atoms with E-state index in [1.165, 1.54) is 10.4 Å². The first-order chi connectivity index (χ1) is 8.95. The molecular formula is C16H20O2S. The standard InChI is InChI=1S/C16H20O2S/c1-9-6-7-13(16(18-5)11(9)3)15(17)14-8-10(2)19-12(14)4/h6-8,15,17H,1-5H3. The second-order valence-corrected chi connectivity index (χ2v) is 6.36. The lowest BCUT2D eigenvalue weighted by Crippen LogP contribution is -2.04. The number of thiophene rings is 1. The van der Waals surface area contributed by atoms with E-state index in [2.05, 4.69) is 13.0 Å². The monoisotopic (exact) mass is 276 g/mol. The zero-order valence-electron chi connectivity index (χ0n) is 12.1. The summed E-state index contributed by atoms with van der Waals surface area (Å²) < 4.78 is 5.49. The van der Waals surface area contributed by atoms with Gasteiger partial charge in [-0.1, -0.05) is 12.1 Å². The van der Waals surface area contributed by atoms with E-state index >= 15 is 0 Å². The van der Waals surface area contributed by atoms with Crippen LogP contribution < -0.4 is 4.74 Å². The van der Waals surface area contributed by atoms with Gasteiger partial charge in [-0.2, -0.15) is 0 Å². The van der Waals surface area contributed by atoms with Crippen LogP contribution in [0.5, 0.6) is 5.75 Å². The van der Waals surface area contributed by atoms with Crippen LogP contribution in [0, 0.1) is 27.7 Å². The minimum absolute atomic E-state index is 0.626. The Morgan fingerprint density at radius 2 is 1.79 bits per heavy atom. The lowest BCUT2D eigenvalue weighted by Gasteiger charge is -2.18. The topological polar surface area (TPSA) is 29.5 Å². The van der Waals surface area contributed by atoms with Crippen LogP contribution >= 0.6 is 11.3 Å². The summed E-state index contributed by atoms with van der Waals surface area (Å²) in [4.78, 5) is 2.37. The molecule has 3 heteroatoms. The molecule has 0 fully saturated rings. The third-order valence-corrected chi connectivity index (χ3v) is 4.56.